The van der Waals surface area contributed by atoms with E-state index in [1.54, 1.807) is 30.3 Å². The largest absolute Gasteiger partial charge is 0.467 e. The summed E-state index contributed by atoms with van der Waals surface area (Å²) in [6.07, 6.45) is 7.23. The molecule has 5 nitrogen and oxygen atoms in total. The number of aromatic nitrogens is 2. The minimum atomic E-state index is -0.359. The molecule has 1 atom stereocenters. The average molecular weight is 389 g/mol. The lowest BCUT2D eigenvalue weighted by Crippen LogP contribution is -2.29. The zero-order valence-corrected chi connectivity index (χ0v) is 16.1. The third kappa shape index (κ3) is 3.73. The summed E-state index contributed by atoms with van der Waals surface area (Å²) >= 11 is 1.56. The molecule has 0 aliphatic rings. The zero-order chi connectivity index (χ0) is 19.3. The second kappa shape index (κ2) is 8.19. The van der Waals surface area contributed by atoms with E-state index < -0.39 is 0 Å². The molecule has 6 heteroatoms. The van der Waals surface area contributed by atoms with Gasteiger partial charge in [0.25, 0.3) is 5.91 Å². The quantitative estimate of drug-likeness (QED) is 0.485. The fraction of sp³-hybridized carbons (Fsp3) is 0.0909. The van der Waals surface area contributed by atoms with Crippen LogP contribution in [0.4, 0.5) is 0 Å². The summed E-state index contributed by atoms with van der Waals surface area (Å²) in [7, 11) is 0. The molecule has 2 heterocycles. The number of rotatable bonds is 6. The van der Waals surface area contributed by atoms with Gasteiger partial charge in [0.2, 0.25) is 0 Å². The molecule has 1 N–H and O–H groups in total. The van der Waals surface area contributed by atoms with E-state index in [1.807, 2.05) is 77.7 Å². The van der Waals surface area contributed by atoms with E-state index in [0.717, 1.165) is 16.4 Å². The van der Waals surface area contributed by atoms with Gasteiger partial charge in [-0.3, -0.25) is 9.36 Å². The third-order valence-corrected chi connectivity index (χ3v) is 5.08. The highest BCUT2D eigenvalue weighted by molar-refractivity contribution is 7.98. The van der Waals surface area contributed by atoms with E-state index in [2.05, 4.69) is 10.3 Å². The lowest BCUT2D eigenvalue weighted by Gasteiger charge is -2.17. The van der Waals surface area contributed by atoms with Crippen LogP contribution in [-0.2, 0) is 0 Å². The van der Waals surface area contributed by atoms with Crippen LogP contribution in [0.1, 0.15) is 27.7 Å². The van der Waals surface area contributed by atoms with Crippen molar-refractivity contribution in [2.45, 2.75) is 11.2 Å². The van der Waals surface area contributed by atoms with Gasteiger partial charge in [-0.1, -0.05) is 48.2 Å². The number of furan rings is 1. The van der Waals surface area contributed by atoms with E-state index >= 15 is 0 Å². The summed E-state index contributed by atoms with van der Waals surface area (Å²) in [6.45, 7) is 0. The highest BCUT2D eigenvalue weighted by Crippen LogP contribution is 2.24. The van der Waals surface area contributed by atoms with Crippen LogP contribution in [0, 0.1) is 0 Å². The van der Waals surface area contributed by atoms with Crippen LogP contribution in [0.3, 0.4) is 0 Å². The second-order valence-electron chi connectivity index (χ2n) is 6.17. The number of carbonyl (C=O) groups is 1. The Hall–Kier alpha value is -3.25. The van der Waals surface area contributed by atoms with Gasteiger partial charge in [0.1, 0.15) is 11.8 Å². The van der Waals surface area contributed by atoms with Gasteiger partial charge in [0.15, 0.2) is 5.16 Å². The molecule has 0 bridgehead atoms. The molecule has 0 saturated heterocycles. The summed E-state index contributed by atoms with van der Waals surface area (Å²) < 4.78 is 7.53. The second-order valence-corrected chi connectivity index (χ2v) is 6.94. The first kappa shape index (κ1) is 18.1. The molecule has 0 aliphatic heterocycles. The first-order chi connectivity index (χ1) is 13.8. The normalized spacial score (nSPS) is 11.9. The van der Waals surface area contributed by atoms with Gasteiger partial charge in [-0.25, -0.2) is 4.98 Å². The maximum absolute atomic E-state index is 13.0. The van der Waals surface area contributed by atoms with E-state index in [1.165, 1.54) is 0 Å². The molecule has 0 spiro atoms. The Morgan fingerprint density at radius 1 is 1.11 bits per heavy atom. The molecule has 0 fully saturated rings. The van der Waals surface area contributed by atoms with Crippen LogP contribution in [0.25, 0.3) is 5.69 Å². The van der Waals surface area contributed by atoms with Gasteiger partial charge in [0.05, 0.1) is 6.26 Å². The van der Waals surface area contributed by atoms with Crippen LogP contribution < -0.4 is 5.32 Å². The Kier molecular flexibility index (Phi) is 5.30. The SMILES string of the molecule is CSc1nccn1-c1cccc(C(=O)NC(c2ccccc2)c2ccco2)c1. The number of hydrogen-bond acceptors (Lipinski definition) is 4. The molecular formula is C22H19N3O2S. The average Bonchev–Trinajstić information content (AvgIpc) is 3.44. The van der Waals surface area contributed by atoms with Crippen LogP contribution >= 0.6 is 11.8 Å². The van der Waals surface area contributed by atoms with E-state index in [9.17, 15) is 4.79 Å². The van der Waals surface area contributed by atoms with Crippen molar-refractivity contribution < 1.29 is 9.21 Å². The number of carbonyl (C=O) groups excluding carboxylic acids is 1. The maximum atomic E-state index is 13.0. The Morgan fingerprint density at radius 3 is 2.71 bits per heavy atom. The summed E-state index contributed by atoms with van der Waals surface area (Å²) in [5, 5.41) is 3.96. The highest BCUT2D eigenvalue weighted by Gasteiger charge is 2.20. The smallest absolute Gasteiger partial charge is 0.252 e. The van der Waals surface area contributed by atoms with Crippen molar-refractivity contribution >= 4 is 17.7 Å². The minimum Gasteiger partial charge on any atom is -0.467 e. The van der Waals surface area contributed by atoms with E-state index in [-0.39, 0.29) is 11.9 Å². The molecule has 28 heavy (non-hydrogen) atoms. The predicted octanol–water partition coefficient (Wildman–Crippen LogP) is 4.71. The standard InChI is InChI=1S/C22H19N3O2S/c1-28-22-23-12-13-25(22)18-10-5-9-17(15-18)21(26)24-20(19-11-6-14-27-19)16-7-3-2-4-8-16/h2-15,20H,1H3,(H,24,26). The molecule has 4 rings (SSSR count). The lowest BCUT2D eigenvalue weighted by atomic mass is 10.0. The number of amides is 1. The third-order valence-electron chi connectivity index (χ3n) is 4.41. The van der Waals surface area contributed by atoms with Crippen molar-refractivity contribution in [1.82, 2.24) is 14.9 Å². The van der Waals surface area contributed by atoms with Crippen molar-refractivity contribution in [2.24, 2.45) is 0 Å². The summed E-state index contributed by atoms with van der Waals surface area (Å²) in [5.41, 5.74) is 2.43. The van der Waals surface area contributed by atoms with Gasteiger partial charge >= 0.3 is 0 Å². The lowest BCUT2D eigenvalue weighted by molar-refractivity contribution is 0.0939. The summed E-state index contributed by atoms with van der Waals surface area (Å²) in [5.74, 6) is 0.521. The van der Waals surface area contributed by atoms with Crippen molar-refractivity contribution in [1.29, 1.82) is 0 Å². The van der Waals surface area contributed by atoms with Crippen molar-refractivity contribution in [3.8, 4) is 5.69 Å². The van der Waals surface area contributed by atoms with Gasteiger partial charge in [-0.2, -0.15) is 0 Å². The number of benzene rings is 2. The predicted molar refractivity (Wildman–Crippen MR) is 110 cm³/mol. The Balaban J connectivity index is 1.63. The maximum Gasteiger partial charge on any atom is 0.252 e. The first-order valence-corrected chi connectivity index (χ1v) is 10.1. The zero-order valence-electron chi connectivity index (χ0n) is 15.3. The molecule has 140 valence electrons. The molecular weight excluding hydrogens is 370 g/mol. The summed E-state index contributed by atoms with van der Waals surface area (Å²) in [6, 6.07) is 20.6. The number of imidazole rings is 1. The van der Waals surface area contributed by atoms with Crippen molar-refractivity contribution in [3.05, 3.63) is 102 Å². The first-order valence-electron chi connectivity index (χ1n) is 8.83. The number of nitrogens with zero attached hydrogens (tertiary/aromatic N) is 2. The fourth-order valence-electron chi connectivity index (χ4n) is 3.07. The molecule has 0 aliphatic carbocycles. The topological polar surface area (TPSA) is 60.1 Å². The highest BCUT2D eigenvalue weighted by atomic mass is 32.2. The van der Waals surface area contributed by atoms with Crippen LogP contribution in [0.15, 0.2) is 95.0 Å². The van der Waals surface area contributed by atoms with Crippen molar-refractivity contribution in [2.75, 3.05) is 6.26 Å². The Bertz CT molecular complexity index is 1060. The Morgan fingerprint density at radius 2 is 1.96 bits per heavy atom. The van der Waals surface area contributed by atoms with Gasteiger partial charge in [0, 0.05) is 23.6 Å². The Labute approximate surface area is 167 Å². The van der Waals surface area contributed by atoms with Gasteiger partial charge in [-0.05, 0) is 42.2 Å². The summed E-state index contributed by atoms with van der Waals surface area (Å²) in [4.78, 5) is 17.3. The monoisotopic (exact) mass is 389 g/mol. The minimum absolute atomic E-state index is 0.169. The molecule has 0 saturated carbocycles. The van der Waals surface area contributed by atoms with Crippen LogP contribution in [0.2, 0.25) is 0 Å². The number of hydrogen-bond donors (Lipinski definition) is 1. The van der Waals surface area contributed by atoms with Crippen LogP contribution in [0.5, 0.6) is 0 Å². The van der Waals surface area contributed by atoms with E-state index in [4.69, 9.17) is 4.42 Å². The molecule has 2 aromatic heterocycles. The molecule has 2 aromatic carbocycles. The molecule has 1 amide bonds. The molecule has 0 radical (unpaired) electrons. The number of nitrogens with one attached hydrogen (secondary N) is 1. The van der Waals surface area contributed by atoms with Crippen LogP contribution in [-0.4, -0.2) is 21.7 Å². The van der Waals surface area contributed by atoms with Gasteiger partial charge in [-0.15, -0.1) is 0 Å². The van der Waals surface area contributed by atoms with Crippen molar-refractivity contribution in [3.63, 3.8) is 0 Å². The van der Waals surface area contributed by atoms with Gasteiger partial charge < -0.3 is 9.73 Å². The molecule has 1 unspecified atom stereocenters. The number of thioether (sulfide) groups is 1. The molecule has 4 aromatic rings. The van der Waals surface area contributed by atoms with E-state index in [0.29, 0.717) is 11.3 Å². The fourth-order valence-corrected chi connectivity index (χ4v) is 3.60.